The van der Waals surface area contributed by atoms with Gasteiger partial charge >= 0.3 is 22.6 Å². The van der Waals surface area contributed by atoms with Crippen LogP contribution in [-0.4, -0.2) is 23.8 Å². The summed E-state index contributed by atoms with van der Waals surface area (Å²) in [6.07, 6.45) is 18.3. The van der Waals surface area contributed by atoms with E-state index in [0.717, 1.165) is 6.54 Å². The number of rotatable bonds is 8. The van der Waals surface area contributed by atoms with Gasteiger partial charge in [0.1, 0.15) is 0 Å². The zero-order valence-electron chi connectivity index (χ0n) is 16.8. The molecular weight excluding hydrogens is 406 g/mol. The Kier molecular flexibility index (Phi) is 25.9. The molecule has 2 rings (SSSR count). The Bertz CT molecular complexity index is 632. The van der Waals surface area contributed by atoms with Gasteiger partial charge in [-0.15, -0.1) is 13.0 Å². The summed E-state index contributed by atoms with van der Waals surface area (Å²) in [5.41, 5.74) is 1.24. The first-order valence-electron chi connectivity index (χ1n) is 8.71. The maximum Gasteiger partial charge on any atom is 0.00506 e. The van der Waals surface area contributed by atoms with Crippen LogP contribution in [0.2, 0.25) is 0 Å². The van der Waals surface area contributed by atoms with Gasteiger partial charge in [-0.1, -0.05) is 72.9 Å². The molecule has 0 saturated carbocycles. The number of hydrogen-bond acceptors (Lipinski definition) is 2. The van der Waals surface area contributed by atoms with E-state index in [2.05, 4.69) is 43.8 Å². The molecule has 0 heterocycles. The average Bonchev–Trinajstić information content (AvgIpc) is 3.35. The summed E-state index contributed by atoms with van der Waals surface area (Å²) in [7, 11) is 0. The van der Waals surface area contributed by atoms with Crippen molar-refractivity contribution >= 4 is 6.29 Å². The standard InChI is InChI=1S/C17H22NO.C5H5.2CO.Fe/c1-4-9-17(12-14-19)18(13-5-2)15(3)16-10-7-6-8-11-16;1-2-4-5-3-1;2*1-2;/h4-11,15,17H,2,12-13H2,1,3H3;1-5H;;;/q-1;;;;/b9-4+;;;;. The Morgan fingerprint density at radius 1 is 1.10 bits per heavy atom. The van der Waals surface area contributed by atoms with Crippen LogP contribution in [0.25, 0.3) is 0 Å². The third-order valence-electron chi connectivity index (χ3n) is 3.81. The number of allylic oxidation sites excluding steroid dienone is 5. The molecule has 0 aromatic heterocycles. The zero-order chi connectivity index (χ0) is 21.6. The molecule has 0 bridgehead atoms. The Balaban J connectivity index is -0.000000567. The third kappa shape index (κ3) is 14.5. The Morgan fingerprint density at radius 3 is 2.03 bits per heavy atom. The molecule has 2 unspecified atom stereocenters. The van der Waals surface area contributed by atoms with Crippen molar-refractivity contribution < 1.29 is 31.2 Å². The van der Waals surface area contributed by atoms with Crippen LogP contribution in [0.1, 0.15) is 31.9 Å². The number of hydrogen-bond donors (Lipinski definition) is 0. The fraction of sp³-hybridized carbons (Fsp3) is 0.250. The molecule has 155 valence electrons. The van der Waals surface area contributed by atoms with Crippen LogP contribution in [0.5, 0.6) is 0 Å². The molecule has 1 aliphatic rings. The van der Waals surface area contributed by atoms with Gasteiger partial charge in [0.25, 0.3) is 0 Å². The van der Waals surface area contributed by atoms with Crippen LogP contribution in [-0.2, 0) is 31.2 Å². The molecule has 1 radical (unpaired) electrons. The van der Waals surface area contributed by atoms with E-state index in [1.807, 2.05) is 80.4 Å². The second-order valence-electron chi connectivity index (χ2n) is 5.48. The first-order valence-corrected chi connectivity index (χ1v) is 8.71. The molecular formula is C24H27FeNO3-. The molecule has 5 heteroatoms. The quantitative estimate of drug-likeness (QED) is 0.253. The molecule has 1 aromatic carbocycles. The Hall–Kier alpha value is -2.19. The number of nitrogens with zero attached hydrogens (tertiary/aromatic N) is 1. The molecule has 1 aliphatic carbocycles. The van der Waals surface area contributed by atoms with Gasteiger partial charge in [-0.2, -0.15) is 0 Å². The maximum absolute atomic E-state index is 10.7. The Labute approximate surface area is 186 Å². The van der Waals surface area contributed by atoms with Crippen LogP contribution in [0.3, 0.4) is 0 Å². The van der Waals surface area contributed by atoms with Gasteiger partial charge in [-0.3, -0.25) is 11.2 Å². The van der Waals surface area contributed by atoms with Crippen LogP contribution in [0.15, 0.2) is 79.4 Å². The summed E-state index contributed by atoms with van der Waals surface area (Å²) in [6, 6.07) is 10.6. The molecule has 0 aliphatic heterocycles. The SMILES string of the molecule is C=CCN(C(/C=C/C)C[C-]=O)C(C)c1ccccc1.[C-]#[O+].[C-]#[O+].[CH]1C=CC=C1.[Fe]. The first kappa shape index (κ1) is 31.5. The van der Waals surface area contributed by atoms with Crippen LogP contribution >= 0.6 is 0 Å². The van der Waals surface area contributed by atoms with Gasteiger partial charge in [0.15, 0.2) is 0 Å². The van der Waals surface area contributed by atoms with E-state index >= 15 is 0 Å². The number of benzene rings is 1. The molecule has 0 spiro atoms. The van der Waals surface area contributed by atoms with Gasteiger partial charge in [0.2, 0.25) is 0 Å². The van der Waals surface area contributed by atoms with E-state index in [1.165, 1.54) is 5.56 Å². The fourth-order valence-corrected chi connectivity index (χ4v) is 2.58. The van der Waals surface area contributed by atoms with Crippen LogP contribution < -0.4 is 0 Å². The van der Waals surface area contributed by atoms with E-state index in [4.69, 9.17) is 9.30 Å². The smallest absolute Gasteiger partial charge is 0.00506 e. The van der Waals surface area contributed by atoms with Crippen LogP contribution in [0, 0.1) is 19.7 Å². The minimum Gasteiger partial charge on any atom is -0.0767 e. The minimum absolute atomic E-state index is 0. The van der Waals surface area contributed by atoms with Gasteiger partial charge in [-0.05, 0) is 19.4 Å². The maximum atomic E-state index is 10.7. The predicted octanol–water partition coefficient (Wildman–Crippen LogP) is 4.92. The van der Waals surface area contributed by atoms with Crippen molar-refractivity contribution in [2.45, 2.75) is 32.4 Å². The molecule has 0 fully saturated rings. The van der Waals surface area contributed by atoms with Crippen molar-refractivity contribution in [3.63, 3.8) is 0 Å². The molecule has 1 aromatic rings. The number of carbonyl (C=O) groups excluding carboxylic acids is 1. The zero-order valence-corrected chi connectivity index (χ0v) is 17.9. The summed E-state index contributed by atoms with van der Waals surface area (Å²) < 4.78 is 15.0. The van der Waals surface area contributed by atoms with Crippen LogP contribution in [0.4, 0.5) is 0 Å². The van der Waals surface area contributed by atoms with E-state index < -0.39 is 0 Å². The molecule has 0 saturated heterocycles. The molecule has 4 nitrogen and oxygen atoms in total. The molecule has 0 N–H and O–H groups in total. The largest absolute Gasteiger partial charge is 0.0767 e. The van der Waals surface area contributed by atoms with E-state index in [1.54, 1.807) is 0 Å². The summed E-state index contributed by atoms with van der Waals surface area (Å²) in [4.78, 5) is 13.0. The fourth-order valence-electron chi connectivity index (χ4n) is 2.58. The van der Waals surface area contributed by atoms with Crippen molar-refractivity contribution in [1.82, 2.24) is 4.90 Å². The molecule has 2 atom stereocenters. The topological polar surface area (TPSA) is 60.1 Å². The Morgan fingerprint density at radius 2 is 1.66 bits per heavy atom. The van der Waals surface area contributed by atoms with Crippen molar-refractivity contribution in [3.8, 4) is 0 Å². The monoisotopic (exact) mass is 433 g/mol. The second kappa shape index (κ2) is 23.8. The molecule has 0 amide bonds. The van der Waals surface area contributed by atoms with E-state index in [0.29, 0.717) is 6.42 Å². The first-order chi connectivity index (χ1) is 13.7. The van der Waals surface area contributed by atoms with Crippen molar-refractivity contribution in [1.29, 1.82) is 0 Å². The van der Waals surface area contributed by atoms with Gasteiger partial charge in [0, 0.05) is 42.1 Å². The summed E-state index contributed by atoms with van der Waals surface area (Å²) in [5.74, 6) is 0. The normalized spacial score (nSPS) is 12.7. The van der Waals surface area contributed by atoms with E-state index in [9.17, 15) is 4.79 Å². The average molecular weight is 433 g/mol. The summed E-state index contributed by atoms with van der Waals surface area (Å²) in [6.45, 7) is 17.7. The van der Waals surface area contributed by atoms with Gasteiger partial charge in [0.05, 0.1) is 0 Å². The minimum atomic E-state index is 0. The third-order valence-corrected chi connectivity index (χ3v) is 3.81. The molecule has 29 heavy (non-hydrogen) atoms. The van der Waals surface area contributed by atoms with Gasteiger partial charge in [-0.25, -0.2) is 0 Å². The predicted molar refractivity (Wildman–Crippen MR) is 111 cm³/mol. The van der Waals surface area contributed by atoms with E-state index in [-0.39, 0.29) is 29.2 Å². The second-order valence-corrected chi connectivity index (χ2v) is 5.48. The van der Waals surface area contributed by atoms with Gasteiger partial charge < -0.3 is 4.79 Å². The summed E-state index contributed by atoms with van der Waals surface area (Å²) >= 11 is 0. The van der Waals surface area contributed by atoms with Crippen molar-refractivity contribution in [3.05, 3.63) is 105 Å². The van der Waals surface area contributed by atoms with Crippen molar-refractivity contribution in [2.75, 3.05) is 6.54 Å². The summed E-state index contributed by atoms with van der Waals surface area (Å²) in [5, 5.41) is 0. The van der Waals surface area contributed by atoms with Crippen molar-refractivity contribution in [2.24, 2.45) is 0 Å².